The van der Waals surface area contributed by atoms with Gasteiger partial charge in [0, 0.05) is 7.05 Å². The molecule has 0 radical (unpaired) electrons. The average molecular weight is 242 g/mol. The summed E-state index contributed by atoms with van der Waals surface area (Å²) in [4.78, 5) is 11.1. The van der Waals surface area contributed by atoms with E-state index in [1.165, 1.54) is 0 Å². The molecular weight excluding hydrogens is 228 g/mol. The van der Waals surface area contributed by atoms with Crippen LogP contribution in [0.1, 0.15) is 10.4 Å². The van der Waals surface area contributed by atoms with Crippen LogP contribution in [0, 0.1) is 0 Å². The first-order valence-electron chi connectivity index (χ1n) is 5.56. The first-order chi connectivity index (χ1) is 8.68. The van der Waals surface area contributed by atoms with Crippen LogP contribution in [0.2, 0.25) is 0 Å². The molecule has 0 saturated carbocycles. The van der Waals surface area contributed by atoms with Crippen molar-refractivity contribution >= 4 is 17.3 Å². The number of carboxylic acid groups (broad SMARTS) is 1. The van der Waals surface area contributed by atoms with Gasteiger partial charge in [-0.2, -0.15) is 0 Å². The molecule has 0 spiro atoms. The van der Waals surface area contributed by atoms with Gasteiger partial charge in [-0.15, -0.1) is 0 Å². The van der Waals surface area contributed by atoms with Gasteiger partial charge >= 0.3 is 5.97 Å². The molecular formula is C14H14N2O2. The predicted octanol–water partition coefficient (Wildman–Crippen LogP) is 2.85. The number of hydrogen-bond acceptors (Lipinski definition) is 3. The fraction of sp³-hybridized carbons (Fsp3) is 0.0714. The molecule has 2 aromatic carbocycles. The van der Waals surface area contributed by atoms with Gasteiger partial charge in [0.25, 0.3) is 0 Å². The normalized spacial score (nSPS) is 9.83. The Hall–Kier alpha value is -2.49. The van der Waals surface area contributed by atoms with Crippen molar-refractivity contribution in [2.24, 2.45) is 0 Å². The molecule has 0 aliphatic carbocycles. The molecule has 0 bridgehead atoms. The monoisotopic (exact) mass is 242 g/mol. The van der Waals surface area contributed by atoms with Crippen molar-refractivity contribution in [3.8, 4) is 0 Å². The topological polar surface area (TPSA) is 52.6 Å². The molecule has 18 heavy (non-hydrogen) atoms. The number of anilines is 2. The number of benzene rings is 2. The maximum atomic E-state index is 11.1. The van der Waals surface area contributed by atoms with E-state index in [0.29, 0.717) is 5.69 Å². The number of nitrogens with zero attached hydrogens (tertiary/aromatic N) is 1. The largest absolute Gasteiger partial charge is 0.478 e. The van der Waals surface area contributed by atoms with Crippen LogP contribution in [-0.4, -0.2) is 18.1 Å². The van der Waals surface area contributed by atoms with E-state index < -0.39 is 5.97 Å². The zero-order valence-corrected chi connectivity index (χ0v) is 10.00. The summed E-state index contributed by atoms with van der Waals surface area (Å²) >= 11 is 0. The Labute approximate surface area is 105 Å². The van der Waals surface area contributed by atoms with E-state index >= 15 is 0 Å². The van der Waals surface area contributed by atoms with Gasteiger partial charge in [-0.05, 0) is 24.3 Å². The minimum Gasteiger partial charge on any atom is -0.478 e. The first kappa shape index (κ1) is 12.0. The van der Waals surface area contributed by atoms with Gasteiger partial charge < -0.3 is 5.11 Å². The lowest BCUT2D eigenvalue weighted by molar-refractivity contribution is 0.0698. The molecule has 4 heteroatoms. The summed E-state index contributed by atoms with van der Waals surface area (Å²) in [6.07, 6.45) is 0. The summed E-state index contributed by atoms with van der Waals surface area (Å²) in [5.41, 5.74) is 4.83. The molecule has 0 aromatic heterocycles. The minimum absolute atomic E-state index is 0.250. The SMILES string of the molecule is CN(Nc1ccccc1C(=O)O)c1ccccc1. The second kappa shape index (κ2) is 5.23. The van der Waals surface area contributed by atoms with Gasteiger partial charge in [-0.25, -0.2) is 4.79 Å². The number of aromatic carboxylic acids is 1. The molecule has 0 aliphatic rings. The van der Waals surface area contributed by atoms with E-state index in [1.807, 2.05) is 37.4 Å². The molecule has 0 heterocycles. The molecule has 92 valence electrons. The fourth-order valence-corrected chi connectivity index (χ4v) is 1.66. The van der Waals surface area contributed by atoms with Gasteiger partial charge in [-0.3, -0.25) is 10.4 Å². The third-order valence-electron chi connectivity index (χ3n) is 2.59. The van der Waals surface area contributed by atoms with Crippen molar-refractivity contribution < 1.29 is 9.90 Å². The summed E-state index contributed by atoms with van der Waals surface area (Å²) in [5.74, 6) is -0.945. The molecule has 0 atom stereocenters. The van der Waals surface area contributed by atoms with E-state index in [-0.39, 0.29) is 5.56 Å². The lowest BCUT2D eigenvalue weighted by Gasteiger charge is -2.22. The van der Waals surface area contributed by atoms with E-state index in [9.17, 15) is 4.79 Å². The van der Waals surface area contributed by atoms with Crippen LogP contribution in [0.25, 0.3) is 0 Å². The molecule has 2 rings (SSSR count). The molecule has 0 saturated heterocycles. The second-order valence-corrected chi connectivity index (χ2v) is 3.86. The number of hydrazine groups is 1. The highest BCUT2D eigenvalue weighted by atomic mass is 16.4. The smallest absolute Gasteiger partial charge is 0.337 e. The standard InChI is InChI=1S/C14H14N2O2/c1-16(11-7-3-2-4-8-11)15-13-10-6-5-9-12(13)14(17)18/h2-10,15H,1H3,(H,17,18). The van der Waals surface area contributed by atoms with E-state index in [1.54, 1.807) is 29.3 Å². The van der Waals surface area contributed by atoms with Gasteiger partial charge in [0.2, 0.25) is 0 Å². The Morgan fingerprint density at radius 1 is 1.06 bits per heavy atom. The Morgan fingerprint density at radius 3 is 2.33 bits per heavy atom. The number of para-hydroxylation sites is 2. The molecule has 0 unspecified atom stereocenters. The maximum absolute atomic E-state index is 11.1. The number of nitrogens with one attached hydrogen (secondary N) is 1. The average Bonchev–Trinajstić information content (AvgIpc) is 2.40. The summed E-state index contributed by atoms with van der Waals surface area (Å²) in [7, 11) is 1.84. The zero-order chi connectivity index (χ0) is 13.0. The van der Waals surface area contributed by atoms with Crippen LogP contribution in [0.3, 0.4) is 0 Å². The van der Waals surface area contributed by atoms with Crippen molar-refractivity contribution in [2.45, 2.75) is 0 Å². The highest BCUT2D eigenvalue weighted by Gasteiger charge is 2.10. The van der Waals surface area contributed by atoms with Crippen molar-refractivity contribution in [2.75, 3.05) is 17.5 Å². The third-order valence-corrected chi connectivity index (χ3v) is 2.59. The van der Waals surface area contributed by atoms with Crippen LogP contribution in [0.5, 0.6) is 0 Å². The molecule has 2 N–H and O–H groups in total. The molecule has 4 nitrogen and oxygen atoms in total. The van der Waals surface area contributed by atoms with Crippen LogP contribution >= 0.6 is 0 Å². The first-order valence-corrected chi connectivity index (χ1v) is 5.56. The summed E-state index contributed by atoms with van der Waals surface area (Å²) in [6, 6.07) is 16.5. The summed E-state index contributed by atoms with van der Waals surface area (Å²) in [5, 5.41) is 10.9. The van der Waals surface area contributed by atoms with Gasteiger partial charge in [0.1, 0.15) is 0 Å². The van der Waals surface area contributed by atoms with E-state index in [2.05, 4.69) is 5.43 Å². The lowest BCUT2D eigenvalue weighted by Crippen LogP contribution is -2.25. The number of hydrogen-bond donors (Lipinski definition) is 2. The minimum atomic E-state index is -0.945. The predicted molar refractivity (Wildman–Crippen MR) is 71.9 cm³/mol. The highest BCUT2D eigenvalue weighted by molar-refractivity contribution is 5.94. The van der Waals surface area contributed by atoms with Crippen molar-refractivity contribution in [1.29, 1.82) is 0 Å². The van der Waals surface area contributed by atoms with Crippen molar-refractivity contribution in [3.05, 3.63) is 60.2 Å². The van der Waals surface area contributed by atoms with Crippen LogP contribution in [0.4, 0.5) is 11.4 Å². The Bertz CT molecular complexity index is 541. The maximum Gasteiger partial charge on any atom is 0.337 e. The second-order valence-electron chi connectivity index (χ2n) is 3.86. The van der Waals surface area contributed by atoms with E-state index in [4.69, 9.17) is 5.11 Å². The Kier molecular flexibility index (Phi) is 3.48. The zero-order valence-electron chi connectivity index (χ0n) is 10.00. The highest BCUT2D eigenvalue weighted by Crippen LogP contribution is 2.18. The van der Waals surface area contributed by atoms with E-state index in [0.717, 1.165) is 5.69 Å². The number of rotatable bonds is 4. The van der Waals surface area contributed by atoms with Gasteiger partial charge in [0.05, 0.1) is 16.9 Å². The Balaban J connectivity index is 2.22. The molecule has 0 amide bonds. The van der Waals surface area contributed by atoms with Crippen LogP contribution < -0.4 is 10.4 Å². The summed E-state index contributed by atoms with van der Waals surface area (Å²) in [6.45, 7) is 0. The molecule has 0 aliphatic heterocycles. The number of carbonyl (C=O) groups is 1. The fourth-order valence-electron chi connectivity index (χ4n) is 1.66. The Morgan fingerprint density at radius 2 is 1.67 bits per heavy atom. The van der Waals surface area contributed by atoms with Gasteiger partial charge in [0.15, 0.2) is 0 Å². The molecule has 2 aromatic rings. The van der Waals surface area contributed by atoms with Crippen molar-refractivity contribution in [1.82, 2.24) is 0 Å². The van der Waals surface area contributed by atoms with Crippen LogP contribution in [0.15, 0.2) is 54.6 Å². The number of carboxylic acids is 1. The molecule has 0 fully saturated rings. The lowest BCUT2D eigenvalue weighted by atomic mass is 10.2. The third kappa shape index (κ3) is 2.60. The summed E-state index contributed by atoms with van der Waals surface area (Å²) < 4.78 is 0. The van der Waals surface area contributed by atoms with Gasteiger partial charge in [-0.1, -0.05) is 30.3 Å². The van der Waals surface area contributed by atoms with Crippen LogP contribution in [-0.2, 0) is 0 Å². The van der Waals surface area contributed by atoms with Crippen molar-refractivity contribution in [3.63, 3.8) is 0 Å². The quantitative estimate of drug-likeness (QED) is 0.809.